The molecule has 2 heterocycles. The van der Waals surface area contributed by atoms with E-state index in [1.807, 2.05) is 7.05 Å². The van der Waals surface area contributed by atoms with Gasteiger partial charge < -0.3 is 20.0 Å². The van der Waals surface area contributed by atoms with Gasteiger partial charge in [-0.15, -0.1) is 0 Å². The summed E-state index contributed by atoms with van der Waals surface area (Å²) in [6, 6.07) is 9.13. The number of hydrogen-bond acceptors (Lipinski definition) is 6. The van der Waals surface area contributed by atoms with Crippen molar-refractivity contribution in [3.05, 3.63) is 54.0 Å². The van der Waals surface area contributed by atoms with Crippen molar-refractivity contribution >= 4 is 21.8 Å². The van der Waals surface area contributed by atoms with E-state index in [2.05, 4.69) is 15.5 Å². The molecule has 0 atom stereocenters. The van der Waals surface area contributed by atoms with Gasteiger partial charge in [0.25, 0.3) is 11.8 Å². The Morgan fingerprint density at radius 3 is 2.34 bits per heavy atom. The first-order valence-electron chi connectivity index (χ1n) is 9.26. The molecule has 29 heavy (non-hydrogen) atoms. The number of rotatable bonds is 7. The van der Waals surface area contributed by atoms with Gasteiger partial charge in [-0.2, -0.15) is 4.31 Å². The lowest BCUT2D eigenvalue weighted by atomic mass is 10.2. The summed E-state index contributed by atoms with van der Waals surface area (Å²) in [4.78, 5) is 26.3. The van der Waals surface area contributed by atoms with Gasteiger partial charge in [-0.3, -0.25) is 9.59 Å². The summed E-state index contributed by atoms with van der Waals surface area (Å²) in [5.41, 5.74) is 0.248. The number of piperazine rings is 1. The lowest BCUT2D eigenvalue weighted by molar-refractivity contribution is 0.0910. The van der Waals surface area contributed by atoms with Crippen LogP contribution in [0.15, 0.2) is 52.0 Å². The minimum absolute atomic E-state index is 0.0980. The number of nitrogens with zero attached hydrogens (tertiary/aromatic N) is 2. The Balaban J connectivity index is 1.55. The summed E-state index contributed by atoms with van der Waals surface area (Å²) in [6.45, 7) is 2.59. The molecule has 2 aromatic rings. The van der Waals surface area contributed by atoms with Crippen LogP contribution >= 0.6 is 0 Å². The van der Waals surface area contributed by atoms with Crippen molar-refractivity contribution in [2.75, 3.05) is 46.3 Å². The molecule has 2 amide bonds. The highest BCUT2D eigenvalue weighted by Gasteiger charge is 2.27. The van der Waals surface area contributed by atoms with Crippen molar-refractivity contribution in [1.29, 1.82) is 0 Å². The molecule has 1 aliphatic rings. The van der Waals surface area contributed by atoms with Gasteiger partial charge >= 0.3 is 0 Å². The fourth-order valence-corrected chi connectivity index (χ4v) is 4.39. The van der Waals surface area contributed by atoms with Crippen molar-refractivity contribution in [3.63, 3.8) is 0 Å². The predicted molar refractivity (Wildman–Crippen MR) is 106 cm³/mol. The normalized spacial score (nSPS) is 15.8. The van der Waals surface area contributed by atoms with Crippen LogP contribution in [-0.4, -0.2) is 75.8 Å². The number of sulfonamides is 1. The first-order chi connectivity index (χ1) is 13.9. The van der Waals surface area contributed by atoms with Crippen LogP contribution in [0.2, 0.25) is 0 Å². The Bertz CT molecular complexity index is 951. The Morgan fingerprint density at radius 2 is 1.69 bits per heavy atom. The fourth-order valence-electron chi connectivity index (χ4n) is 2.92. The van der Waals surface area contributed by atoms with Crippen molar-refractivity contribution in [2.24, 2.45) is 0 Å². The molecule has 0 aliphatic carbocycles. The summed E-state index contributed by atoms with van der Waals surface area (Å²) in [5.74, 6) is -0.588. The molecular formula is C19H24N4O5S. The van der Waals surface area contributed by atoms with Gasteiger partial charge in [-0.05, 0) is 37.4 Å². The van der Waals surface area contributed by atoms with Gasteiger partial charge in [0, 0.05) is 44.8 Å². The SMILES string of the molecule is CN1CCN(S(=O)(=O)c2cccc(C(=O)NCCNC(=O)c3ccco3)c2)CC1. The Hall–Kier alpha value is -2.69. The van der Waals surface area contributed by atoms with Crippen LogP contribution in [0, 0.1) is 0 Å². The zero-order chi connectivity index (χ0) is 20.9. The molecule has 1 fully saturated rings. The van der Waals surface area contributed by atoms with Gasteiger partial charge in [0.15, 0.2) is 5.76 Å². The number of nitrogens with one attached hydrogen (secondary N) is 2. The number of hydrogen-bond donors (Lipinski definition) is 2. The van der Waals surface area contributed by atoms with Gasteiger partial charge in [0.2, 0.25) is 10.0 Å². The monoisotopic (exact) mass is 420 g/mol. The lowest BCUT2D eigenvalue weighted by Gasteiger charge is -2.31. The number of carbonyl (C=O) groups is 2. The Morgan fingerprint density at radius 1 is 1.00 bits per heavy atom. The average Bonchev–Trinajstić information content (AvgIpc) is 3.26. The molecule has 3 rings (SSSR count). The largest absolute Gasteiger partial charge is 0.459 e. The number of carbonyl (C=O) groups excluding carboxylic acids is 2. The highest BCUT2D eigenvalue weighted by molar-refractivity contribution is 7.89. The maximum atomic E-state index is 12.8. The minimum atomic E-state index is -3.64. The standard InChI is InChI=1S/C19H24N4O5S/c1-22-9-11-23(12-10-22)29(26,27)16-5-2-4-15(14-16)18(24)20-7-8-21-19(25)17-6-3-13-28-17/h2-6,13-14H,7-12H2,1H3,(H,20,24)(H,21,25). The van der Waals surface area contributed by atoms with Gasteiger partial charge in [-0.25, -0.2) is 8.42 Å². The molecular weight excluding hydrogens is 396 g/mol. The second kappa shape index (κ2) is 9.21. The summed E-state index contributed by atoms with van der Waals surface area (Å²) in [7, 11) is -1.69. The molecule has 9 nitrogen and oxygen atoms in total. The number of amides is 2. The molecule has 156 valence electrons. The van der Waals surface area contributed by atoms with Crippen LogP contribution in [0.4, 0.5) is 0 Å². The van der Waals surface area contributed by atoms with Crippen molar-refractivity contribution in [1.82, 2.24) is 19.8 Å². The quantitative estimate of drug-likeness (QED) is 0.626. The summed E-state index contributed by atoms with van der Waals surface area (Å²) < 4.78 is 32.1. The van der Waals surface area contributed by atoms with E-state index in [4.69, 9.17) is 4.42 Å². The van der Waals surface area contributed by atoms with E-state index in [0.717, 1.165) is 0 Å². The molecule has 0 radical (unpaired) electrons. The topological polar surface area (TPSA) is 112 Å². The van der Waals surface area contributed by atoms with Crippen LogP contribution in [-0.2, 0) is 10.0 Å². The Labute approximate surface area is 169 Å². The molecule has 1 aromatic heterocycles. The zero-order valence-corrected chi connectivity index (χ0v) is 16.9. The smallest absolute Gasteiger partial charge is 0.287 e. The first-order valence-corrected chi connectivity index (χ1v) is 10.7. The van der Waals surface area contributed by atoms with E-state index in [0.29, 0.717) is 26.2 Å². The zero-order valence-electron chi connectivity index (χ0n) is 16.1. The second-order valence-corrected chi connectivity index (χ2v) is 8.66. The van der Waals surface area contributed by atoms with Crippen molar-refractivity contribution in [2.45, 2.75) is 4.90 Å². The molecule has 1 aromatic carbocycles. The van der Waals surface area contributed by atoms with Gasteiger partial charge in [-0.1, -0.05) is 6.07 Å². The maximum Gasteiger partial charge on any atom is 0.287 e. The van der Waals surface area contributed by atoms with Gasteiger partial charge in [0.05, 0.1) is 11.2 Å². The number of benzene rings is 1. The minimum Gasteiger partial charge on any atom is -0.459 e. The molecule has 0 saturated carbocycles. The average molecular weight is 420 g/mol. The highest BCUT2D eigenvalue weighted by atomic mass is 32.2. The number of furan rings is 1. The highest BCUT2D eigenvalue weighted by Crippen LogP contribution is 2.18. The van der Waals surface area contributed by atoms with Crippen LogP contribution in [0.5, 0.6) is 0 Å². The molecule has 2 N–H and O–H groups in total. The Kier molecular flexibility index (Phi) is 6.68. The second-order valence-electron chi connectivity index (χ2n) is 6.72. The van der Waals surface area contributed by atoms with Gasteiger partial charge in [0.1, 0.15) is 0 Å². The van der Waals surface area contributed by atoms with Crippen molar-refractivity contribution < 1.29 is 22.4 Å². The maximum absolute atomic E-state index is 12.8. The van der Waals surface area contributed by atoms with Crippen LogP contribution in [0.1, 0.15) is 20.9 Å². The molecule has 0 bridgehead atoms. The van der Waals surface area contributed by atoms with E-state index >= 15 is 0 Å². The molecule has 0 unspecified atom stereocenters. The van der Waals surface area contributed by atoms with E-state index in [9.17, 15) is 18.0 Å². The lowest BCUT2D eigenvalue weighted by Crippen LogP contribution is -2.47. The third-order valence-corrected chi connectivity index (χ3v) is 6.53. The summed E-state index contributed by atoms with van der Waals surface area (Å²) >= 11 is 0. The van der Waals surface area contributed by atoms with Crippen LogP contribution in [0.3, 0.4) is 0 Å². The van der Waals surface area contributed by atoms with Crippen molar-refractivity contribution in [3.8, 4) is 0 Å². The molecule has 0 spiro atoms. The summed E-state index contributed by atoms with van der Waals surface area (Å²) in [5, 5.41) is 5.28. The van der Waals surface area contributed by atoms with Crippen LogP contribution < -0.4 is 10.6 Å². The molecule has 10 heteroatoms. The number of likely N-dealkylation sites (N-methyl/N-ethyl adjacent to an activating group) is 1. The first kappa shape index (κ1) is 21.0. The van der Waals surface area contributed by atoms with Crippen LogP contribution in [0.25, 0.3) is 0 Å². The van der Waals surface area contributed by atoms with E-state index < -0.39 is 15.9 Å². The fraction of sp³-hybridized carbons (Fsp3) is 0.368. The molecule has 1 saturated heterocycles. The third kappa shape index (κ3) is 5.22. The van der Waals surface area contributed by atoms with E-state index in [-0.39, 0.29) is 35.2 Å². The summed E-state index contributed by atoms with van der Waals surface area (Å²) in [6.07, 6.45) is 1.40. The molecule has 1 aliphatic heterocycles. The van der Waals surface area contributed by atoms with E-state index in [1.54, 1.807) is 24.3 Å². The predicted octanol–water partition coefficient (Wildman–Crippen LogP) is 0.376. The third-order valence-electron chi connectivity index (χ3n) is 4.64. The van der Waals surface area contributed by atoms with E-state index in [1.165, 1.54) is 22.7 Å².